The fraction of sp³-hybridized carbons (Fsp3) is 0.444. The second-order valence-electron chi connectivity index (χ2n) is 6.18. The average Bonchev–Trinajstić information content (AvgIpc) is 3.23. The van der Waals surface area contributed by atoms with Crippen molar-refractivity contribution in [2.75, 3.05) is 19.6 Å². The van der Waals surface area contributed by atoms with E-state index < -0.39 is 0 Å². The van der Waals surface area contributed by atoms with Crippen molar-refractivity contribution in [3.8, 4) is 5.69 Å². The van der Waals surface area contributed by atoms with Gasteiger partial charge in [0.15, 0.2) is 0 Å². The molecule has 0 bridgehead atoms. The van der Waals surface area contributed by atoms with Crippen LogP contribution in [0.1, 0.15) is 35.8 Å². The van der Waals surface area contributed by atoms with Gasteiger partial charge in [0, 0.05) is 19.1 Å². The number of benzene rings is 1. The lowest BCUT2D eigenvalue weighted by Gasteiger charge is -2.28. The van der Waals surface area contributed by atoms with E-state index in [1.54, 1.807) is 23.0 Å². The molecule has 1 aromatic heterocycles. The quantitative estimate of drug-likeness (QED) is 0.885. The van der Waals surface area contributed by atoms with Crippen LogP contribution in [-0.2, 0) is 0 Å². The first-order valence-corrected chi connectivity index (χ1v) is 8.44. The molecule has 1 unspecified atom stereocenters. The molecule has 1 aliphatic heterocycles. The molecule has 25 heavy (non-hydrogen) atoms. The Morgan fingerprint density at radius 2 is 2.12 bits per heavy atom. The third-order valence-corrected chi connectivity index (χ3v) is 4.51. The average molecular weight is 367 g/mol. The van der Waals surface area contributed by atoms with Crippen LogP contribution in [0.2, 0.25) is 0 Å². The normalized spacial score (nSPS) is 16.5. The summed E-state index contributed by atoms with van der Waals surface area (Å²) in [6, 6.07) is 6.35. The number of aromatic nitrogens is 2. The molecule has 0 spiro atoms. The molecule has 1 saturated heterocycles. The smallest absolute Gasteiger partial charge is 0.257 e. The molecule has 1 N–H and O–H groups in total. The van der Waals surface area contributed by atoms with Gasteiger partial charge in [-0.1, -0.05) is 6.92 Å². The number of halogens is 2. The molecular weight excluding hydrogens is 343 g/mol. The van der Waals surface area contributed by atoms with Gasteiger partial charge in [0.1, 0.15) is 5.82 Å². The third-order valence-electron chi connectivity index (χ3n) is 4.51. The number of nitrogens with zero attached hydrogens (tertiary/aromatic N) is 3. The standard InChI is InChI=1S/C18H23FN4O.ClH/c1-3-10-22(16-8-9-20-11-16)18(24)17-12-21-23(13(17)2)15-6-4-14(19)5-7-15;/h4-7,12,16,20H,3,8-11H2,1-2H3;1H. The molecule has 3 rings (SSSR count). The van der Waals surface area contributed by atoms with E-state index in [2.05, 4.69) is 17.3 Å². The van der Waals surface area contributed by atoms with Gasteiger partial charge in [0.2, 0.25) is 0 Å². The summed E-state index contributed by atoms with van der Waals surface area (Å²) in [5, 5.41) is 7.66. The molecule has 0 saturated carbocycles. The van der Waals surface area contributed by atoms with Gasteiger partial charge in [-0.2, -0.15) is 5.10 Å². The van der Waals surface area contributed by atoms with Crippen LogP contribution in [0.25, 0.3) is 5.69 Å². The fourth-order valence-corrected chi connectivity index (χ4v) is 3.21. The highest BCUT2D eigenvalue weighted by Crippen LogP contribution is 2.19. The number of hydrogen-bond donors (Lipinski definition) is 1. The highest BCUT2D eigenvalue weighted by Gasteiger charge is 2.28. The highest BCUT2D eigenvalue weighted by molar-refractivity contribution is 5.95. The van der Waals surface area contributed by atoms with Crippen molar-refractivity contribution >= 4 is 18.3 Å². The molecule has 1 atom stereocenters. The van der Waals surface area contributed by atoms with Crippen molar-refractivity contribution in [2.45, 2.75) is 32.7 Å². The maximum absolute atomic E-state index is 13.1. The Kier molecular flexibility index (Phi) is 6.56. The van der Waals surface area contributed by atoms with Gasteiger partial charge in [-0.05, 0) is 50.6 Å². The summed E-state index contributed by atoms with van der Waals surface area (Å²) in [6.45, 7) is 6.49. The molecule has 5 nitrogen and oxygen atoms in total. The van der Waals surface area contributed by atoms with Crippen LogP contribution in [0.4, 0.5) is 4.39 Å². The maximum Gasteiger partial charge on any atom is 0.257 e. The Morgan fingerprint density at radius 3 is 2.72 bits per heavy atom. The first-order chi connectivity index (χ1) is 11.6. The summed E-state index contributed by atoms with van der Waals surface area (Å²) in [5.74, 6) is -0.265. The van der Waals surface area contributed by atoms with Crippen molar-refractivity contribution < 1.29 is 9.18 Å². The molecule has 1 aromatic carbocycles. The van der Waals surface area contributed by atoms with Gasteiger partial charge in [-0.15, -0.1) is 12.4 Å². The van der Waals surface area contributed by atoms with Crippen molar-refractivity contribution in [3.63, 3.8) is 0 Å². The SMILES string of the molecule is CCCN(C(=O)c1cnn(-c2ccc(F)cc2)c1C)C1CCNC1.Cl. The Hall–Kier alpha value is -1.92. The van der Waals surface area contributed by atoms with E-state index in [-0.39, 0.29) is 30.2 Å². The molecule has 1 aliphatic rings. The zero-order valence-corrected chi connectivity index (χ0v) is 15.4. The summed E-state index contributed by atoms with van der Waals surface area (Å²) in [6.07, 6.45) is 3.52. The van der Waals surface area contributed by atoms with E-state index >= 15 is 0 Å². The number of amides is 1. The maximum atomic E-state index is 13.1. The third kappa shape index (κ3) is 4.02. The fourth-order valence-electron chi connectivity index (χ4n) is 3.21. The predicted molar refractivity (Wildman–Crippen MR) is 98.1 cm³/mol. The lowest BCUT2D eigenvalue weighted by atomic mass is 10.1. The van der Waals surface area contributed by atoms with Crippen molar-refractivity contribution in [1.29, 1.82) is 0 Å². The van der Waals surface area contributed by atoms with Crippen LogP contribution in [0.15, 0.2) is 30.5 Å². The van der Waals surface area contributed by atoms with Crippen LogP contribution in [-0.4, -0.2) is 46.3 Å². The van der Waals surface area contributed by atoms with E-state index in [4.69, 9.17) is 0 Å². The molecule has 136 valence electrons. The van der Waals surface area contributed by atoms with Gasteiger partial charge in [0.25, 0.3) is 5.91 Å². The van der Waals surface area contributed by atoms with Crippen LogP contribution in [0.3, 0.4) is 0 Å². The predicted octanol–water partition coefficient (Wildman–Crippen LogP) is 2.96. The van der Waals surface area contributed by atoms with Gasteiger partial charge in [-0.3, -0.25) is 4.79 Å². The summed E-state index contributed by atoms with van der Waals surface area (Å²) < 4.78 is 14.8. The van der Waals surface area contributed by atoms with Crippen molar-refractivity contribution in [1.82, 2.24) is 20.0 Å². The van der Waals surface area contributed by atoms with Gasteiger partial charge >= 0.3 is 0 Å². The molecule has 0 aliphatic carbocycles. The number of rotatable bonds is 5. The molecule has 0 radical (unpaired) electrons. The summed E-state index contributed by atoms with van der Waals surface area (Å²) in [4.78, 5) is 15.0. The number of hydrogen-bond acceptors (Lipinski definition) is 3. The topological polar surface area (TPSA) is 50.2 Å². The minimum atomic E-state index is -0.289. The molecule has 7 heteroatoms. The minimum Gasteiger partial charge on any atom is -0.334 e. The summed E-state index contributed by atoms with van der Waals surface area (Å²) >= 11 is 0. The van der Waals surface area contributed by atoms with Gasteiger partial charge in [0.05, 0.1) is 23.1 Å². The van der Waals surface area contributed by atoms with Crippen molar-refractivity contribution in [2.24, 2.45) is 0 Å². The van der Waals surface area contributed by atoms with E-state index in [0.717, 1.165) is 43.9 Å². The van der Waals surface area contributed by atoms with Crippen LogP contribution in [0, 0.1) is 12.7 Å². The van der Waals surface area contributed by atoms with E-state index in [9.17, 15) is 9.18 Å². The van der Waals surface area contributed by atoms with Crippen molar-refractivity contribution in [3.05, 3.63) is 47.5 Å². The van der Waals surface area contributed by atoms with Gasteiger partial charge < -0.3 is 10.2 Å². The second-order valence-corrected chi connectivity index (χ2v) is 6.18. The Bertz CT molecular complexity index is 710. The number of nitrogens with one attached hydrogen (secondary N) is 1. The molecule has 1 fully saturated rings. The number of carbonyl (C=O) groups is 1. The van der Waals surface area contributed by atoms with Crippen LogP contribution >= 0.6 is 12.4 Å². The highest BCUT2D eigenvalue weighted by atomic mass is 35.5. The van der Waals surface area contributed by atoms with Crippen LogP contribution < -0.4 is 5.32 Å². The summed E-state index contributed by atoms with van der Waals surface area (Å²) in [7, 11) is 0. The van der Waals surface area contributed by atoms with Crippen LogP contribution in [0.5, 0.6) is 0 Å². The first-order valence-electron chi connectivity index (χ1n) is 8.44. The molecular formula is C18H24ClFN4O. The largest absolute Gasteiger partial charge is 0.334 e. The van der Waals surface area contributed by atoms with Gasteiger partial charge in [-0.25, -0.2) is 9.07 Å². The van der Waals surface area contributed by atoms with E-state index in [1.165, 1.54) is 12.1 Å². The minimum absolute atomic E-state index is 0. The van der Waals surface area contributed by atoms with E-state index in [1.807, 2.05) is 11.8 Å². The molecule has 2 aromatic rings. The molecule has 1 amide bonds. The lowest BCUT2D eigenvalue weighted by Crippen LogP contribution is -2.42. The zero-order chi connectivity index (χ0) is 17.1. The Labute approximate surface area is 153 Å². The number of carbonyl (C=O) groups excluding carboxylic acids is 1. The monoisotopic (exact) mass is 366 g/mol. The van der Waals surface area contributed by atoms with E-state index in [0.29, 0.717) is 5.56 Å². The summed E-state index contributed by atoms with van der Waals surface area (Å²) in [5.41, 5.74) is 2.14. The zero-order valence-electron chi connectivity index (χ0n) is 14.5. The first kappa shape index (κ1) is 19.4. The Balaban J connectivity index is 0.00000225. The second kappa shape index (κ2) is 8.45. The lowest BCUT2D eigenvalue weighted by molar-refractivity contribution is 0.0691. The Morgan fingerprint density at radius 1 is 1.40 bits per heavy atom. The molecule has 2 heterocycles.